The van der Waals surface area contributed by atoms with Crippen LogP contribution in [0.1, 0.15) is 5.56 Å². The van der Waals surface area contributed by atoms with Gasteiger partial charge < -0.3 is 9.14 Å². The summed E-state index contributed by atoms with van der Waals surface area (Å²) >= 11 is 3.38. The van der Waals surface area contributed by atoms with E-state index in [1.54, 1.807) is 25.4 Å². The summed E-state index contributed by atoms with van der Waals surface area (Å²) in [6.45, 7) is 0. The lowest BCUT2D eigenvalue weighted by Crippen LogP contribution is -2.05. The Morgan fingerprint density at radius 2 is 1.91 bits per heavy atom. The number of alkyl halides is 3. The summed E-state index contributed by atoms with van der Waals surface area (Å²) in [6.07, 6.45) is -1.77. The highest BCUT2D eigenvalue weighted by Crippen LogP contribution is 2.32. The lowest BCUT2D eigenvalue weighted by molar-refractivity contribution is -0.137. The SMILES string of the molecule is COc1ccc(-c2cn3cc(C(F)(F)F)ccc3n2)cc1Br. The van der Waals surface area contributed by atoms with Crippen molar-refractivity contribution < 1.29 is 17.9 Å². The van der Waals surface area contributed by atoms with Gasteiger partial charge in [-0.15, -0.1) is 0 Å². The van der Waals surface area contributed by atoms with Gasteiger partial charge in [-0.3, -0.25) is 0 Å². The third-order valence-electron chi connectivity index (χ3n) is 3.23. The molecule has 0 bridgehead atoms. The lowest BCUT2D eigenvalue weighted by atomic mass is 10.2. The van der Waals surface area contributed by atoms with E-state index < -0.39 is 11.7 Å². The first-order valence-electron chi connectivity index (χ1n) is 6.28. The summed E-state index contributed by atoms with van der Waals surface area (Å²) in [5.74, 6) is 0.673. The third-order valence-corrected chi connectivity index (χ3v) is 3.85. The number of methoxy groups -OCH3 is 1. The van der Waals surface area contributed by atoms with E-state index in [9.17, 15) is 13.2 Å². The second-order valence-corrected chi connectivity index (χ2v) is 5.51. The van der Waals surface area contributed by atoms with Crippen molar-refractivity contribution in [3.63, 3.8) is 0 Å². The van der Waals surface area contributed by atoms with Crippen LogP contribution in [0.4, 0.5) is 13.2 Å². The minimum atomic E-state index is -4.37. The smallest absolute Gasteiger partial charge is 0.417 e. The highest BCUT2D eigenvalue weighted by molar-refractivity contribution is 9.10. The molecule has 22 heavy (non-hydrogen) atoms. The Balaban J connectivity index is 2.07. The van der Waals surface area contributed by atoms with E-state index in [4.69, 9.17) is 4.74 Å². The highest BCUT2D eigenvalue weighted by atomic mass is 79.9. The van der Waals surface area contributed by atoms with E-state index in [0.29, 0.717) is 17.1 Å². The van der Waals surface area contributed by atoms with Crippen molar-refractivity contribution in [3.8, 4) is 17.0 Å². The van der Waals surface area contributed by atoms with Crippen molar-refractivity contribution in [2.45, 2.75) is 6.18 Å². The number of hydrogen-bond acceptors (Lipinski definition) is 2. The Labute approximate surface area is 132 Å². The fourth-order valence-corrected chi connectivity index (χ4v) is 2.66. The van der Waals surface area contributed by atoms with Crippen molar-refractivity contribution >= 4 is 21.6 Å². The third kappa shape index (κ3) is 2.68. The first-order chi connectivity index (χ1) is 10.4. The maximum absolute atomic E-state index is 12.7. The molecule has 114 valence electrons. The molecule has 0 unspecified atom stereocenters. The quantitative estimate of drug-likeness (QED) is 0.648. The van der Waals surface area contributed by atoms with Crippen LogP contribution in [0.3, 0.4) is 0 Å². The number of ether oxygens (including phenoxy) is 1. The molecule has 3 rings (SSSR count). The van der Waals surface area contributed by atoms with Gasteiger partial charge in [0.15, 0.2) is 0 Å². The van der Waals surface area contributed by atoms with E-state index >= 15 is 0 Å². The number of halogens is 4. The van der Waals surface area contributed by atoms with Gasteiger partial charge >= 0.3 is 6.18 Å². The largest absolute Gasteiger partial charge is 0.496 e. The van der Waals surface area contributed by atoms with Crippen molar-refractivity contribution in [1.82, 2.24) is 9.38 Å². The molecule has 0 saturated carbocycles. The number of pyridine rings is 1. The summed E-state index contributed by atoms with van der Waals surface area (Å²) in [7, 11) is 1.56. The van der Waals surface area contributed by atoms with E-state index in [0.717, 1.165) is 22.3 Å². The fourth-order valence-electron chi connectivity index (χ4n) is 2.12. The Morgan fingerprint density at radius 3 is 2.55 bits per heavy atom. The number of fused-ring (bicyclic) bond motifs is 1. The molecule has 0 atom stereocenters. The zero-order chi connectivity index (χ0) is 15.9. The summed E-state index contributed by atoms with van der Waals surface area (Å²) < 4.78 is 45.5. The van der Waals surface area contributed by atoms with Crippen molar-refractivity contribution in [3.05, 3.63) is 52.8 Å². The molecule has 3 nitrogen and oxygen atoms in total. The molecule has 0 radical (unpaired) electrons. The molecule has 1 aromatic carbocycles. The van der Waals surface area contributed by atoms with Gasteiger partial charge in [0.25, 0.3) is 0 Å². The topological polar surface area (TPSA) is 26.5 Å². The Hall–Kier alpha value is -2.02. The van der Waals surface area contributed by atoms with E-state index in [-0.39, 0.29) is 0 Å². The van der Waals surface area contributed by atoms with E-state index in [2.05, 4.69) is 20.9 Å². The predicted octanol–water partition coefficient (Wildman–Crippen LogP) is 4.79. The number of aromatic nitrogens is 2. The van der Waals surface area contributed by atoms with Gasteiger partial charge in [0.1, 0.15) is 11.4 Å². The van der Waals surface area contributed by atoms with Gasteiger partial charge in [-0.05, 0) is 46.3 Å². The summed E-state index contributed by atoms with van der Waals surface area (Å²) in [5, 5.41) is 0. The molecule has 3 aromatic rings. The van der Waals surface area contributed by atoms with Gasteiger partial charge in [-0.25, -0.2) is 4.98 Å². The Bertz CT molecular complexity index is 842. The number of benzene rings is 1. The molecule has 7 heteroatoms. The molecule has 0 aliphatic carbocycles. The first-order valence-corrected chi connectivity index (χ1v) is 7.07. The molecule has 2 aromatic heterocycles. The fraction of sp³-hybridized carbons (Fsp3) is 0.133. The molecular formula is C15H10BrF3N2O. The molecule has 0 saturated heterocycles. The predicted molar refractivity (Wildman–Crippen MR) is 79.9 cm³/mol. The zero-order valence-electron chi connectivity index (χ0n) is 11.4. The van der Waals surface area contributed by atoms with Crippen molar-refractivity contribution in [2.24, 2.45) is 0 Å². The summed E-state index contributed by atoms with van der Waals surface area (Å²) in [6, 6.07) is 7.76. The van der Waals surface area contributed by atoms with Crippen LogP contribution in [0.2, 0.25) is 0 Å². The minimum absolute atomic E-state index is 0.454. The monoisotopic (exact) mass is 370 g/mol. The zero-order valence-corrected chi connectivity index (χ0v) is 12.9. The maximum atomic E-state index is 12.7. The standard InChI is InChI=1S/C15H10BrF3N2O/c1-22-13-4-2-9(6-11(13)16)12-8-21-7-10(15(17,18)19)3-5-14(21)20-12/h2-8H,1H3. The maximum Gasteiger partial charge on any atom is 0.417 e. The van der Waals surface area contributed by atoms with Gasteiger partial charge in [0, 0.05) is 18.0 Å². The van der Waals surface area contributed by atoms with E-state index in [1.165, 1.54) is 10.5 Å². The van der Waals surface area contributed by atoms with Crippen LogP contribution in [-0.4, -0.2) is 16.5 Å². The summed E-state index contributed by atoms with van der Waals surface area (Å²) in [4.78, 5) is 4.34. The van der Waals surface area contributed by atoms with Crippen molar-refractivity contribution in [2.75, 3.05) is 7.11 Å². The average Bonchev–Trinajstić information content (AvgIpc) is 2.89. The molecular weight excluding hydrogens is 361 g/mol. The van der Waals surface area contributed by atoms with Crippen LogP contribution in [0.5, 0.6) is 5.75 Å². The van der Waals surface area contributed by atoms with Crippen LogP contribution in [-0.2, 0) is 6.18 Å². The van der Waals surface area contributed by atoms with Gasteiger partial charge in [0.05, 0.1) is 22.8 Å². The second kappa shape index (κ2) is 5.31. The molecule has 0 spiro atoms. The molecule has 2 heterocycles. The van der Waals surface area contributed by atoms with Crippen LogP contribution in [0.25, 0.3) is 16.9 Å². The Morgan fingerprint density at radius 1 is 1.14 bits per heavy atom. The van der Waals surface area contributed by atoms with Crippen LogP contribution >= 0.6 is 15.9 Å². The second-order valence-electron chi connectivity index (χ2n) is 4.66. The highest BCUT2D eigenvalue weighted by Gasteiger charge is 2.30. The number of hydrogen-bond donors (Lipinski definition) is 0. The number of imidazole rings is 1. The Kier molecular flexibility index (Phi) is 3.60. The number of rotatable bonds is 2. The molecule has 0 amide bonds. The van der Waals surface area contributed by atoms with Crippen LogP contribution in [0, 0.1) is 0 Å². The summed E-state index contributed by atoms with van der Waals surface area (Å²) in [5.41, 5.74) is 1.11. The normalized spacial score (nSPS) is 11.9. The molecule has 0 aliphatic heterocycles. The van der Waals surface area contributed by atoms with Gasteiger partial charge in [-0.1, -0.05) is 0 Å². The lowest BCUT2D eigenvalue weighted by Gasteiger charge is -2.05. The van der Waals surface area contributed by atoms with E-state index in [1.807, 2.05) is 6.07 Å². The molecule has 0 N–H and O–H groups in total. The number of nitrogens with zero attached hydrogens (tertiary/aromatic N) is 2. The van der Waals surface area contributed by atoms with Gasteiger partial charge in [-0.2, -0.15) is 13.2 Å². The van der Waals surface area contributed by atoms with Crippen LogP contribution in [0.15, 0.2) is 47.2 Å². The van der Waals surface area contributed by atoms with Crippen LogP contribution < -0.4 is 4.74 Å². The van der Waals surface area contributed by atoms with Crippen molar-refractivity contribution in [1.29, 1.82) is 0 Å². The molecule has 0 aliphatic rings. The van der Waals surface area contributed by atoms with Gasteiger partial charge in [0.2, 0.25) is 0 Å². The first kappa shape index (κ1) is 14.9. The minimum Gasteiger partial charge on any atom is -0.496 e. The molecule has 0 fully saturated rings. The average molecular weight is 371 g/mol.